The molecule has 0 aromatic heterocycles. The van der Waals surface area contributed by atoms with E-state index in [-0.39, 0.29) is 5.57 Å². The van der Waals surface area contributed by atoms with Gasteiger partial charge in [0.15, 0.2) is 6.10 Å². The molecule has 0 aliphatic rings. The maximum atomic E-state index is 12.8. The predicted octanol–water partition coefficient (Wildman–Crippen LogP) is 2.62. The van der Waals surface area contributed by atoms with E-state index in [1.165, 1.54) is 14.0 Å². The van der Waals surface area contributed by atoms with Crippen molar-refractivity contribution >= 4 is 29.6 Å². The Morgan fingerprint density at radius 2 is 1.64 bits per heavy atom. The molecular weight excluding hydrogens is 360 g/mol. The number of hydrogen-bond acceptors (Lipinski definition) is 5. The molecule has 2 aromatic carbocycles. The predicted molar refractivity (Wildman–Crippen MR) is 105 cm³/mol. The second kappa shape index (κ2) is 9.91. The van der Waals surface area contributed by atoms with Crippen molar-refractivity contribution in [2.45, 2.75) is 13.0 Å². The van der Waals surface area contributed by atoms with Crippen LogP contribution in [0.5, 0.6) is 5.75 Å². The normalized spacial score (nSPS) is 11.9. The van der Waals surface area contributed by atoms with Gasteiger partial charge < -0.3 is 14.8 Å². The number of esters is 1. The average Bonchev–Trinajstić information content (AvgIpc) is 2.72. The molecule has 2 N–H and O–H groups in total. The summed E-state index contributed by atoms with van der Waals surface area (Å²) in [5.41, 5.74) is 1.56. The van der Waals surface area contributed by atoms with Crippen LogP contribution < -0.4 is 15.4 Å². The monoisotopic (exact) mass is 382 g/mol. The fourth-order valence-corrected chi connectivity index (χ4v) is 2.37. The van der Waals surface area contributed by atoms with E-state index in [0.29, 0.717) is 16.9 Å². The number of urea groups is 1. The van der Waals surface area contributed by atoms with Gasteiger partial charge in [-0.05, 0) is 24.6 Å². The lowest BCUT2D eigenvalue weighted by atomic mass is 10.0. The number of nitrogens with one attached hydrogen (secondary N) is 2. The smallest absolute Gasteiger partial charge is 0.339 e. The zero-order chi connectivity index (χ0) is 20.5. The van der Waals surface area contributed by atoms with Crippen LogP contribution in [0.4, 0.5) is 4.79 Å². The van der Waals surface area contributed by atoms with Gasteiger partial charge in [-0.25, -0.2) is 9.59 Å². The van der Waals surface area contributed by atoms with Crippen LogP contribution in [-0.2, 0) is 14.3 Å². The maximum Gasteiger partial charge on any atom is 0.339 e. The molecule has 0 bridgehead atoms. The molecule has 7 nitrogen and oxygen atoms in total. The van der Waals surface area contributed by atoms with Crippen LogP contribution in [0.1, 0.15) is 18.1 Å². The molecule has 7 heteroatoms. The molecule has 0 aliphatic carbocycles. The molecule has 28 heavy (non-hydrogen) atoms. The maximum absolute atomic E-state index is 12.8. The highest BCUT2D eigenvalue weighted by atomic mass is 16.5. The van der Waals surface area contributed by atoms with E-state index in [4.69, 9.17) is 9.47 Å². The highest BCUT2D eigenvalue weighted by Crippen LogP contribution is 2.25. The summed E-state index contributed by atoms with van der Waals surface area (Å²) in [6, 6.07) is 15.5. The first-order valence-corrected chi connectivity index (χ1v) is 8.60. The molecule has 1 atom stereocenters. The minimum Gasteiger partial charge on any atom is -0.496 e. The number of rotatable bonds is 6. The van der Waals surface area contributed by atoms with Crippen molar-refractivity contribution in [2.75, 3.05) is 14.2 Å². The highest BCUT2D eigenvalue weighted by Gasteiger charge is 2.23. The van der Waals surface area contributed by atoms with Gasteiger partial charge in [0.05, 0.1) is 12.7 Å². The molecule has 0 heterocycles. The van der Waals surface area contributed by atoms with E-state index in [0.717, 1.165) is 0 Å². The Labute approximate surface area is 163 Å². The number of carbonyl (C=O) groups is 3. The van der Waals surface area contributed by atoms with E-state index in [9.17, 15) is 14.4 Å². The Bertz CT molecular complexity index is 877. The second-order valence-electron chi connectivity index (χ2n) is 5.78. The van der Waals surface area contributed by atoms with Crippen molar-refractivity contribution in [3.63, 3.8) is 0 Å². The second-order valence-corrected chi connectivity index (χ2v) is 5.78. The molecular formula is C21H22N2O5. The number of ether oxygens (including phenoxy) is 2. The lowest BCUT2D eigenvalue weighted by Gasteiger charge is -2.15. The summed E-state index contributed by atoms with van der Waals surface area (Å²) in [7, 11) is 2.92. The van der Waals surface area contributed by atoms with Gasteiger partial charge in [-0.1, -0.05) is 48.5 Å². The van der Waals surface area contributed by atoms with Gasteiger partial charge in [0.25, 0.3) is 5.91 Å². The minimum absolute atomic E-state index is 0.254. The first kappa shape index (κ1) is 20.7. The average molecular weight is 382 g/mol. The number of hydrogen-bond donors (Lipinski definition) is 2. The number of methoxy groups -OCH3 is 1. The van der Waals surface area contributed by atoms with Crippen LogP contribution in [0.25, 0.3) is 11.6 Å². The number of benzene rings is 2. The molecule has 0 saturated carbocycles. The summed E-state index contributed by atoms with van der Waals surface area (Å²) in [6.45, 7) is 1.39. The van der Waals surface area contributed by atoms with Crippen molar-refractivity contribution in [2.24, 2.45) is 0 Å². The Balaban J connectivity index is 2.32. The van der Waals surface area contributed by atoms with Crippen molar-refractivity contribution in [3.8, 4) is 5.75 Å². The third-order valence-corrected chi connectivity index (χ3v) is 3.86. The molecule has 0 fully saturated rings. The van der Waals surface area contributed by atoms with Gasteiger partial charge >= 0.3 is 12.0 Å². The van der Waals surface area contributed by atoms with Gasteiger partial charge in [0.1, 0.15) is 5.75 Å². The van der Waals surface area contributed by atoms with Crippen LogP contribution in [0.2, 0.25) is 0 Å². The number of imide groups is 1. The fraction of sp³-hybridized carbons (Fsp3) is 0.190. The summed E-state index contributed by atoms with van der Waals surface area (Å²) in [6.07, 6.45) is 0.481. The highest BCUT2D eigenvalue weighted by molar-refractivity contribution is 6.22. The van der Waals surface area contributed by atoms with Crippen LogP contribution in [0.15, 0.2) is 54.6 Å². The largest absolute Gasteiger partial charge is 0.496 e. The van der Waals surface area contributed by atoms with Crippen molar-refractivity contribution in [1.29, 1.82) is 0 Å². The lowest BCUT2D eigenvalue weighted by molar-refractivity contribution is -0.148. The molecule has 1 unspecified atom stereocenters. The van der Waals surface area contributed by atoms with Gasteiger partial charge in [-0.2, -0.15) is 0 Å². The number of amides is 3. The Hall–Kier alpha value is -3.61. The molecule has 146 valence electrons. The van der Waals surface area contributed by atoms with Crippen LogP contribution in [0, 0.1) is 0 Å². The van der Waals surface area contributed by atoms with E-state index in [1.54, 1.807) is 49.6 Å². The van der Waals surface area contributed by atoms with Crippen LogP contribution in [0.3, 0.4) is 0 Å². The van der Waals surface area contributed by atoms with E-state index in [1.807, 2.05) is 18.2 Å². The van der Waals surface area contributed by atoms with Gasteiger partial charge in [-0.3, -0.25) is 10.1 Å². The van der Waals surface area contributed by atoms with E-state index >= 15 is 0 Å². The molecule has 0 radical (unpaired) electrons. The SMILES string of the molecule is CNC(=O)NC(=O)C(C)OC(=O)C(=Cc1ccccc1OC)c1ccccc1. The summed E-state index contributed by atoms with van der Waals surface area (Å²) >= 11 is 0. The summed E-state index contributed by atoms with van der Waals surface area (Å²) in [5.74, 6) is -0.830. The standard InChI is InChI=1S/C21H22N2O5/c1-14(19(24)23-21(26)22-2)28-20(25)17(15-9-5-4-6-10-15)13-16-11-7-8-12-18(16)27-3/h4-14H,1-3H3,(H2,22,23,24,26). The Morgan fingerprint density at radius 3 is 2.29 bits per heavy atom. The van der Waals surface area contributed by atoms with Crippen molar-refractivity contribution < 1.29 is 23.9 Å². The zero-order valence-electron chi connectivity index (χ0n) is 15.9. The minimum atomic E-state index is -1.16. The van der Waals surface area contributed by atoms with Gasteiger partial charge in [0, 0.05) is 12.6 Å². The third-order valence-electron chi connectivity index (χ3n) is 3.86. The molecule has 2 rings (SSSR count). The van der Waals surface area contributed by atoms with E-state index in [2.05, 4.69) is 10.6 Å². The zero-order valence-corrected chi connectivity index (χ0v) is 15.9. The summed E-state index contributed by atoms with van der Waals surface area (Å²) in [4.78, 5) is 36.1. The quantitative estimate of drug-likeness (QED) is 0.455. The molecule has 0 saturated heterocycles. The van der Waals surface area contributed by atoms with E-state index < -0.39 is 24.0 Å². The lowest BCUT2D eigenvalue weighted by Crippen LogP contribution is -2.43. The fourth-order valence-electron chi connectivity index (χ4n) is 2.37. The summed E-state index contributed by atoms with van der Waals surface area (Å²) in [5, 5.41) is 4.34. The molecule has 0 aliphatic heterocycles. The topological polar surface area (TPSA) is 93.7 Å². The van der Waals surface area contributed by atoms with Crippen molar-refractivity contribution in [1.82, 2.24) is 10.6 Å². The third kappa shape index (κ3) is 5.44. The van der Waals surface area contributed by atoms with Crippen LogP contribution >= 0.6 is 0 Å². The van der Waals surface area contributed by atoms with Crippen LogP contribution in [-0.4, -0.2) is 38.2 Å². The summed E-state index contributed by atoms with van der Waals surface area (Å²) < 4.78 is 10.6. The number of para-hydroxylation sites is 1. The number of carbonyl (C=O) groups excluding carboxylic acids is 3. The first-order valence-electron chi connectivity index (χ1n) is 8.60. The first-order chi connectivity index (χ1) is 13.5. The molecule has 0 spiro atoms. The molecule has 3 amide bonds. The van der Waals surface area contributed by atoms with Gasteiger partial charge in [0.2, 0.25) is 0 Å². The van der Waals surface area contributed by atoms with Gasteiger partial charge in [-0.15, -0.1) is 0 Å². The molecule has 2 aromatic rings. The Morgan fingerprint density at radius 1 is 1.00 bits per heavy atom. The Kier molecular flexibility index (Phi) is 7.33. The van der Waals surface area contributed by atoms with Crippen molar-refractivity contribution in [3.05, 3.63) is 65.7 Å².